The molecular weight excluding hydrogens is 293 g/mol. The molecule has 8 heteroatoms. The molecule has 0 aliphatic heterocycles. The summed E-state index contributed by atoms with van der Waals surface area (Å²) in [5, 5.41) is 0. The Hall–Kier alpha value is 2.50. The fourth-order valence-electron chi connectivity index (χ4n) is 0. The van der Waals surface area contributed by atoms with E-state index in [9.17, 15) is 0 Å². The molecule has 0 aromatic rings. The third kappa shape index (κ3) is 76.6. The summed E-state index contributed by atoms with van der Waals surface area (Å²) < 4.78 is 34.1. The SMILES string of the molecule is O=S(=O)([O-])[O-].[Ba+2].[Cl-].[Mg+2]. The Kier molecular flexibility index (Phi) is 26.6. The first-order chi connectivity index (χ1) is 2.00. The fraction of sp³-hybridized carbons (Fsp3) is 0. The summed E-state index contributed by atoms with van der Waals surface area (Å²) in [7, 11) is -5.17. The van der Waals surface area contributed by atoms with Crippen molar-refractivity contribution in [3.8, 4) is 0 Å². The minimum absolute atomic E-state index is 0. The van der Waals surface area contributed by atoms with Crippen LogP contribution >= 0.6 is 0 Å². The molecule has 0 saturated carbocycles. The van der Waals surface area contributed by atoms with Gasteiger partial charge in [0.15, 0.2) is 0 Å². The van der Waals surface area contributed by atoms with Gasteiger partial charge < -0.3 is 21.5 Å². The van der Waals surface area contributed by atoms with Gasteiger partial charge in [0, 0.05) is 10.4 Å². The summed E-state index contributed by atoms with van der Waals surface area (Å²) in [6.45, 7) is 0. The van der Waals surface area contributed by atoms with Crippen LogP contribution < -0.4 is 12.4 Å². The van der Waals surface area contributed by atoms with Gasteiger partial charge in [-0.1, -0.05) is 0 Å². The zero-order valence-corrected chi connectivity index (χ0v) is 11.3. The number of hydrogen-bond acceptors (Lipinski definition) is 4. The molecule has 0 aliphatic carbocycles. The van der Waals surface area contributed by atoms with Crippen LogP contribution in [0.1, 0.15) is 0 Å². The summed E-state index contributed by atoms with van der Waals surface area (Å²) in [6.07, 6.45) is 0. The van der Waals surface area contributed by atoms with Gasteiger partial charge in [-0.2, -0.15) is 0 Å². The van der Waals surface area contributed by atoms with E-state index < -0.39 is 10.4 Å². The standard InChI is InChI=1S/Ba.ClH.Mg.H2O4S/c;;;1-5(2,3)4/h;1H;;(H2,1,2,3,4)/q+2;;+2;/p-3. The van der Waals surface area contributed by atoms with Crippen molar-refractivity contribution in [2.45, 2.75) is 0 Å². The van der Waals surface area contributed by atoms with Crippen LogP contribution in [0.2, 0.25) is 0 Å². The zero-order valence-electron chi connectivity index (χ0n) is 3.83. The van der Waals surface area contributed by atoms with Crippen LogP contribution in [0.4, 0.5) is 0 Å². The minimum Gasteiger partial charge on any atom is -1.00 e. The van der Waals surface area contributed by atoms with Gasteiger partial charge in [-0.05, 0) is 0 Å². The van der Waals surface area contributed by atoms with Crippen molar-refractivity contribution in [2.75, 3.05) is 0 Å². The van der Waals surface area contributed by atoms with Gasteiger partial charge in [0.25, 0.3) is 0 Å². The number of hydrogen-bond donors (Lipinski definition) is 0. The van der Waals surface area contributed by atoms with Crippen LogP contribution in [-0.2, 0) is 10.4 Å². The molecule has 4 nitrogen and oxygen atoms in total. The second-order valence-corrected chi connectivity index (χ2v) is 1.22. The Bertz CT molecular complexity index is 99.2. The molecule has 40 valence electrons. The number of halogens is 1. The summed E-state index contributed by atoms with van der Waals surface area (Å²) >= 11 is 0. The van der Waals surface area contributed by atoms with Crippen molar-refractivity contribution in [1.82, 2.24) is 0 Å². The molecule has 0 N–H and O–H groups in total. The van der Waals surface area contributed by atoms with Crippen molar-refractivity contribution in [3.63, 3.8) is 0 Å². The van der Waals surface area contributed by atoms with Crippen molar-refractivity contribution in [2.24, 2.45) is 0 Å². The van der Waals surface area contributed by atoms with E-state index in [4.69, 9.17) is 17.5 Å². The zero-order chi connectivity index (χ0) is 4.50. The summed E-state index contributed by atoms with van der Waals surface area (Å²) in [6, 6.07) is 0. The maximum atomic E-state index is 8.52. The van der Waals surface area contributed by atoms with Crippen molar-refractivity contribution in [1.29, 1.82) is 0 Å². The van der Waals surface area contributed by atoms with E-state index in [-0.39, 0.29) is 84.3 Å². The maximum absolute atomic E-state index is 8.52. The Morgan fingerprint density at radius 3 is 1.12 bits per heavy atom. The molecule has 0 aromatic carbocycles. The van der Waals surface area contributed by atoms with Crippen molar-refractivity contribution in [3.05, 3.63) is 0 Å². The summed E-state index contributed by atoms with van der Waals surface area (Å²) in [5.41, 5.74) is 0. The van der Waals surface area contributed by atoms with Crippen LogP contribution in [0, 0.1) is 0 Å². The molecule has 0 atom stereocenters. The molecule has 0 aliphatic rings. The molecule has 0 rings (SSSR count). The molecule has 0 radical (unpaired) electrons. The summed E-state index contributed by atoms with van der Waals surface area (Å²) in [4.78, 5) is 0. The van der Waals surface area contributed by atoms with Crippen molar-refractivity contribution >= 4 is 82.3 Å². The van der Waals surface area contributed by atoms with Gasteiger partial charge in [-0.15, -0.1) is 0 Å². The number of rotatable bonds is 0. The first-order valence-corrected chi connectivity index (χ1v) is 2.00. The van der Waals surface area contributed by atoms with E-state index in [1.165, 1.54) is 0 Å². The van der Waals surface area contributed by atoms with Gasteiger partial charge in [-0.25, -0.2) is 0 Å². The largest absolute Gasteiger partial charge is 2.00 e. The van der Waals surface area contributed by atoms with Gasteiger partial charge in [0.1, 0.15) is 0 Å². The van der Waals surface area contributed by atoms with Crippen molar-refractivity contribution < 1.29 is 29.9 Å². The second-order valence-electron chi connectivity index (χ2n) is 0.408. The quantitative estimate of drug-likeness (QED) is 0.254. The van der Waals surface area contributed by atoms with Crippen LogP contribution in [0.5, 0.6) is 0 Å². The Morgan fingerprint density at radius 2 is 1.12 bits per heavy atom. The van der Waals surface area contributed by atoms with Gasteiger partial charge in [-0.3, -0.25) is 8.42 Å². The topological polar surface area (TPSA) is 80.3 Å². The molecule has 0 spiro atoms. The molecule has 0 heterocycles. The average Bonchev–Trinajstić information content (AvgIpc) is 0.722. The Morgan fingerprint density at radius 1 is 1.12 bits per heavy atom. The second kappa shape index (κ2) is 9.50. The maximum Gasteiger partial charge on any atom is 2.00 e. The fourth-order valence-corrected chi connectivity index (χ4v) is 0. The average molecular weight is 293 g/mol. The van der Waals surface area contributed by atoms with Gasteiger partial charge in [0.2, 0.25) is 0 Å². The smallest absolute Gasteiger partial charge is 1.00 e. The molecule has 0 aromatic heterocycles. The van der Waals surface area contributed by atoms with E-state index >= 15 is 0 Å². The van der Waals surface area contributed by atoms with Crippen LogP contribution in [0.3, 0.4) is 0 Å². The first kappa shape index (κ1) is 22.4. The van der Waals surface area contributed by atoms with E-state index in [1.807, 2.05) is 0 Å². The van der Waals surface area contributed by atoms with E-state index in [1.54, 1.807) is 0 Å². The first-order valence-electron chi connectivity index (χ1n) is 0.667. The van der Waals surface area contributed by atoms with E-state index in [0.717, 1.165) is 0 Å². The van der Waals surface area contributed by atoms with E-state index in [0.29, 0.717) is 0 Å². The van der Waals surface area contributed by atoms with Crippen LogP contribution in [0.15, 0.2) is 0 Å². The molecule has 8 heavy (non-hydrogen) atoms. The minimum atomic E-state index is -5.17. The Labute approximate surface area is 110 Å². The summed E-state index contributed by atoms with van der Waals surface area (Å²) in [5.74, 6) is 0. The van der Waals surface area contributed by atoms with Gasteiger partial charge >= 0.3 is 71.9 Å². The van der Waals surface area contributed by atoms with Crippen LogP contribution in [-0.4, -0.2) is 89.5 Å². The molecule has 0 bridgehead atoms. The molecule has 0 amide bonds. The molecular formula is BaClMgO4S+. The van der Waals surface area contributed by atoms with Crippen LogP contribution in [0.25, 0.3) is 0 Å². The monoisotopic (exact) mass is 293 g/mol. The molecule has 0 saturated heterocycles. The normalized spacial score (nSPS) is 7.25. The van der Waals surface area contributed by atoms with Gasteiger partial charge in [0.05, 0.1) is 0 Å². The predicted molar refractivity (Wildman–Crippen MR) is 22.0 cm³/mol. The van der Waals surface area contributed by atoms with E-state index in [2.05, 4.69) is 0 Å². The Balaban J connectivity index is -0.0000000267. The predicted octanol–water partition coefficient (Wildman–Crippen LogP) is -5.10. The third-order valence-corrected chi connectivity index (χ3v) is 0. The molecule has 0 unspecified atom stereocenters. The molecule has 0 fully saturated rings. The third-order valence-electron chi connectivity index (χ3n) is 0.